The summed E-state index contributed by atoms with van der Waals surface area (Å²) in [6.45, 7) is 7.52. The zero-order chi connectivity index (χ0) is 10.6. The van der Waals surface area contributed by atoms with E-state index >= 15 is 0 Å². The van der Waals surface area contributed by atoms with Gasteiger partial charge in [-0.25, -0.2) is 0 Å². The highest BCUT2D eigenvalue weighted by atomic mass is 32.2. The molecule has 0 spiro atoms. The van der Waals surface area contributed by atoms with Crippen LogP contribution in [0.3, 0.4) is 0 Å². The highest BCUT2D eigenvalue weighted by Gasteiger charge is 2.31. The Morgan fingerprint density at radius 3 is 2.93 bits per heavy atom. The van der Waals surface area contributed by atoms with Gasteiger partial charge in [0.15, 0.2) is 6.29 Å². The highest BCUT2D eigenvalue weighted by Crippen LogP contribution is 2.25. The normalized spacial score (nSPS) is 35.5. The molecule has 1 saturated heterocycles. The van der Waals surface area contributed by atoms with Gasteiger partial charge in [-0.15, -0.1) is 0 Å². The molecule has 80 valence electrons. The van der Waals surface area contributed by atoms with Gasteiger partial charge in [0, 0.05) is 11.8 Å². The molecule has 1 aliphatic rings. The topological polar surface area (TPSA) is 27.7 Å². The van der Waals surface area contributed by atoms with E-state index in [-0.39, 0.29) is 12.4 Å². The molecule has 2 radical (unpaired) electrons. The zero-order valence-corrected chi connectivity index (χ0v) is 9.75. The van der Waals surface area contributed by atoms with Gasteiger partial charge >= 0.3 is 0 Å². The van der Waals surface area contributed by atoms with Crippen LogP contribution in [-0.4, -0.2) is 32.7 Å². The summed E-state index contributed by atoms with van der Waals surface area (Å²) in [5, 5.41) is 0. The van der Waals surface area contributed by atoms with Gasteiger partial charge < -0.3 is 13.7 Å². The Kier molecular flexibility index (Phi) is 5.30. The van der Waals surface area contributed by atoms with E-state index in [0.717, 1.165) is 18.5 Å². The van der Waals surface area contributed by atoms with Gasteiger partial charge in [-0.1, -0.05) is 25.7 Å². The van der Waals surface area contributed by atoms with Crippen molar-refractivity contribution in [3.05, 3.63) is 0 Å². The minimum absolute atomic E-state index is 0.107. The molecule has 0 saturated carbocycles. The van der Waals surface area contributed by atoms with Crippen LogP contribution in [0.1, 0.15) is 20.8 Å². The fourth-order valence-electron chi connectivity index (χ4n) is 1.71. The first-order chi connectivity index (χ1) is 6.65. The van der Waals surface area contributed by atoms with E-state index in [9.17, 15) is 0 Å². The Balaban J connectivity index is 2.38. The maximum Gasteiger partial charge on any atom is 0.203 e. The third-order valence-corrected chi connectivity index (χ3v) is 2.74. The maximum atomic E-state index is 5.71. The number of rotatable bonds is 4. The predicted octanol–water partition coefficient (Wildman–Crippen LogP) is 1.77. The van der Waals surface area contributed by atoms with E-state index in [2.05, 4.69) is 13.8 Å². The molecule has 0 aromatic carbocycles. The molecule has 0 bridgehead atoms. The average molecular weight is 216 g/mol. The van der Waals surface area contributed by atoms with Gasteiger partial charge in [0.1, 0.15) is 0 Å². The largest absolute Gasteiger partial charge is 0.353 e. The van der Waals surface area contributed by atoms with Crippen molar-refractivity contribution in [2.24, 2.45) is 11.8 Å². The van der Waals surface area contributed by atoms with Crippen molar-refractivity contribution in [2.45, 2.75) is 33.2 Å². The Hall–Kier alpha value is 0.295. The number of ether oxygens (including phenoxy) is 2. The Labute approximate surface area is 91.4 Å². The molecule has 4 atom stereocenters. The van der Waals surface area contributed by atoms with Crippen molar-refractivity contribution in [3.63, 3.8) is 0 Å². The van der Waals surface area contributed by atoms with Gasteiger partial charge in [-0.2, -0.15) is 0 Å². The van der Waals surface area contributed by atoms with E-state index in [4.69, 9.17) is 20.8 Å². The average Bonchev–Trinajstić information content (AvgIpc) is 2.18. The molecule has 3 nitrogen and oxygen atoms in total. The predicted molar refractivity (Wildman–Crippen MR) is 57.9 cm³/mol. The SMILES string of the molecule is [B]SOCC(C)C1OC(C)OCC1C. The second-order valence-electron chi connectivity index (χ2n) is 3.84. The number of hydrogen-bond acceptors (Lipinski definition) is 4. The van der Waals surface area contributed by atoms with Gasteiger partial charge in [-0.3, -0.25) is 0 Å². The van der Waals surface area contributed by atoms with Crippen LogP contribution in [0.4, 0.5) is 0 Å². The van der Waals surface area contributed by atoms with Crippen LogP contribution >= 0.6 is 11.9 Å². The summed E-state index contributed by atoms with van der Waals surface area (Å²) in [5.41, 5.74) is 0. The van der Waals surface area contributed by atoms with Crippen LogP contribution in [0.5, 0.6) is 0 Å². The minimum atomic E-state index is -0.107. The van der Waals surface area contributed by atoms with Crippen molar-refractivity contribution in [3.8, 4) is 0 Å². The molecular weight excluding hydrogens is 199 g/mol. The van der Waals surface area contributed by atoms with E-state index in [1.54, 1.807) is 0 Å². The summed E-state index contributed by atoms with van der Waals surface area (Å²) in [6.07, 6.45) is 0.0927. The maximum absolute atomic E-state index is 5.71. The van der Waals surface area contributed by atoms with Crippen molar-refractivity contribution in [2.75, 3.05) is 13.2 Å². The second kappa shape index (κ2) is 6.00. The Bertz CT molecular complexity index is 170. The molecule has 5 heteroatoms. The van der Waals surface area contributed by atoms with E-state index < -0.39 is 0 Å². The van der Waals surface area contributed by atoms with E-state index in [1.165, 1.54) is 0 Å². The molecule has 1 fully saturated rings. The summed E-state index contributed by atoms with van der Waals surface area (Å²) in [4.78, 5) is 0. The van der Waals surface area contributed by atoms with E-state index in [0.29, 0.717) is 18.4 Å². The first kappa shape index (κ1) is 12.4. The molecule has 0 N–H and O–H groups in total. The molecule has 1 heterocycles. The second-order valence-corrected chi connectivity index (χ2v) is 4.27. The van der Waals surface area contributed by atoms with Crippen molar-refractivity contribution >= 4 is 19.0 Å². The number of hydrogen-bond donors (Lipinski definition) is 0. The van der Waals surface area contributed by atoms with Crippen LogP contribution in [-0.2, 0) is 13.7 Å². The molecule has 0 aromatic rings. The summed E-state index contributed by atoms with van der Waals surface area (Å²) < 4.78 is 16.2. The fourth-order valence-corrected chi connectivity index (χ4v) is 2.01. The Morgan fingerprint density at radius 1 is 1.57 bits per heavy atom. The summed E-state index contributed by atoms with van der Waals surface area (Å²) in [6, 6.07) is 0. The summed E-state index contributed by atoms with van der Waals surface area (Å²) in [7, 11) is 5.20. The quantitative estimate of drug-likeness (QED) is 0.528. The molecule has 1 rings (SSSR count). The van der Waals surface area contributed by atoms with Gasteiger partial charge in [0.2, 0.25) is 7.12 Å². The van der Waals surface area contributed by atoms with Gasteiger partial charge in [-0.05, 0) is 6.92 Å². The van der Waals surface area contributed by atoms with Crippen LogP contribution in [0.2, 0.25) is 0 Å². The van der Waals surface area contributed by atoms with Crippen molar-refractivity contribution in [1.29, 1.82) is 0 Å². The lowest BCUT2D eigenvalue weighted by molar-refractivity contribution is -0.237. The molecule has 1 aliphatic heterocycles. The fraction of sp³-hybridized carbons (Fsp3) is 1.00. The molecular formula is C9H17BO3S. The Morgan fingerprint density at radius 2 is 2.29 bits per heavy atom. The van der Waals surface area contributed by atoms with E-state index in [1.807, 2.05) is 6.92 Å². The smallest absolute Gasteiger partial charge is 0.203 e. The lowest BCUT2D eigenvalue weighted by Crippen LogP contribution is -2.42. The van der Waals surface area contributed by atoms with Crippen molar-refractivity contribution < 1.29 is 13.7 Å². The lowest BCUT2D eigenvalue weighted by Gasteiger charge is -2.36. The van der Waals surface area contributed by atoms with Crippen LogP contribution in [0, 0.1) is 11.8 Å². The standard InChI is InChI=1S/C9H17BO3S/c1-6-4-11-8(3)13-9(6)7(2)5-12-14-10/h6-9H,4-5H2,1-3H3. The van der Waals surface area contributed by atoms with Crippen LogP contribution < -0.4 is 0 Å². The molecule has 0 aliphatic carbocycles. The third-order valence-electron chi connectivity index (χ3n) is 2.46. The monoisotopic (exact) mass is 216 g/mol. The molecule has 0 amide bonds. The van der Waals surface area contributed by atoms with Crippen LogP contribution in [0.15, 0.2) is 0 Å². The molecule has 14 heavy (non-hydrogen) atoms. The van der Waals surface area contributed by atoms with Gasteiger partial charge in [0.25, 0.3) is 0 Å². The highest BCUT2D eigenvalue weighted by molar-refractivity contribution is 8.15. The molecule has 0 aromatic heterocycles. The molecule has 4 unspecified atom stereocenters. The lowest BCUT2D eigenvalue weighted by atomic mass is 9.93. The summed E-state index contributed by atoms with van der Waals surface area (Å²) >= 11 is 0.909. The van der Waals surface area contributed by atoms with Crippen molar-refractivity contribution in [1.82, 2.24) is 0 Å². The third kappa shape index (κ3) is 3.46. The first-order valence-electron chi connectivity index (χ1n) is 4.90. The van der Waals surface area contributed by atoms with Crippen LogP contribution in [0.25, 0.3) is 0 Å². The van der Waals surface area contributed by atoms with Gasteiger partial charge in [0.05, 0.1) is 19.3 Å². The summed E-state index contributed by atoms with van der Waals surface area (Å²) in [5.74, 6) is 0.750. The first-order valence-corrected chi connectivity index (χ1v) is 5.71. The zero-order valence-electron chi connectivity index (χ0n) is 8.93. The minimum Gasteiger partial charge on any atom is -0.353 e.